The maximum Gasteiger partial charge on any atom is 0.224 e. The predicted octanol–water partition coefficient (Wildman–Crippen LogP) is 1.62. The van der Waals surface area contributed by atoms with Crippen LogP contribution in [0.4, 0.5) is 4.39 Å². The van der Waals surface area contributed by atoms with E-state index in [4.69, 9.17) is 0 Å². The van der Waals surface area contributed by atoms with Crippen LogP contribution in [0.3, 0.4) is 0 Å². The molecule has 2 aliphatic rings. The van der Waals surface area contributed by atoms with Gasteiger partial charge >= 0.3 is 0 Å². The van der Waals surface area contributed by atoms with Gasteiger partial charge in [-0.05, 0) is 69.3 Å². The SMILES string of the molecule is Cc1cc(CC(O)CN2CCCC(NC(=O)C3CCCNC3)C2)ccc1F. The molecular weight excluding hydrogens is 345 g/mol. The smallest absolute Gasteiger partial charge is 0.224 e. The molecule has 2 saturated heterocycles. The Morgan fingerprint density at radius 2 is 2.26 bits per heavy atom. The molecule has 0 aliphatic carbocycles. The molecule has 5 nitrogen and oxygen atoms in total. The normalized spacial score (nSPS) is 25.1. The molecule has 0 saturated carbocycles. The third-order valence-corrected chi connectivity index (χ3v) is 5.68. The van der Waals surface area contributed by atoms with Gasteiger partial charge in [0.2, 0.25) is 5.91 Å². The van der Waals surface area contributed by atoms with Gasteiger partial charge < -0.3 is 15.7 Å². The lowest BCUT2D eigenvalue weighted by molar-refractivity contribution is -0.126. The molecule has 3 N–H and O–H groups in total. The molecule has 27 heavy (non-hydrogen) atoms. The molecule has 0 spiro atoms. The van der Waals surface area contributed by atoms with Crippen molar-refractivity contribution in [2.24, 2.45) is 5.92 Å². The first-order valence-corrected chi connectivity index (χ1v) is 10.2. The molecule has 2 aliphatic heterocycles. The van der Waals surface area contributed by atoms with E-state index in [1.807, 2.05) is 0 Å². The summed E-state index contributed by atoms with van der Waals surface area (Å²) in [6.45, 7) is 5.82. The van der Waals surface area contributed by atoms with E-state index < -0.39 is 6.10 Å². The Morgan fingerprint density at radius 1 is 1.41 bits per heavy atom. The van der Waals surface area contributed by atoms with Crippen LogP contribution in [0.15, 0.2) is 18.2 Å². The molecule has 3 unspecified atom stereocenters. The van der Waals surface area contributed by atoms with Gasteiger partial charge in [-0.2, -0.15) is 0 Å². The topological polar surface area (TPSA) is 64.6 Å². The van der Waals surface area contributed by atoms with Gasteiger partial charge in [0, 0.05) is 25.7 Å². The Labute approximate surface area is 161 Å². The number of piperidine rings is 2. The number of benzene rings is 1. The number of amides is 1. The third-order valence-electron chi connectivity index (χ3n) is 5.68. The molecular formula is C21H32FN3O2. The van der Waals surface area contributed by atoms with Crippen molar-refractivity contribution in [2.75, 3.05) is 32.7 Å². The van der Waals surface area contributed by atoms with Crippen LogP contribution in [0.5, 0.6) is 0 Å². The van der Waals surface area contributed by atoms with Crippen LogP contribution in [0.1, 0.15) is 36.8 Å². The predicted molar refractivity (Wildman–Crippen MR) is 104 cm³/mol. The van der Waals surface area contributed by atoms with Crippen LogP contribution in [-0.2, 0) is 11.2 Å². The summed E-state index contributed by atoms with van der Waals surface area (Å²) in [7, 11) is 0. The van der Waals surface area contributed by atoms with E-state index in [9.17, 15) is 14.3 Å². The number of aliphatic hydroxyl groups is 1. The average molecular weight is 378 g/mol. The van der Waals surface area contributed by atoms with Crippen LogP contribution in [0, 0.1) is 18.7 Å². The number of carbonyl (C=O) groups excluding carboxylic acids is 1. The van der Waals surface area contributed by atoms with Crippen molar-refractivity contribution >= 4 is 5.91 Å². The molecule has 0 bridgehead atoms. The highest BCUT2D eigenvalue weighted by molar-refractivity contribution is 5.79. The Bertz CT molecular complexity index is 634. The average Bonchev–Trinajstić information content (AvgIpc) is 2.65. The van der Waals surface area contributed by atoms with Gasteiger partial charge in [-0.3, -0.25) is 9.69 Å². The molecule has 0 aromatic heterocycles. The fraction of sp³-hybridized carbons (Fsp3) is 0.667. The minimum atomic E-state index is -0.494. The third kappa shape index (κ3) is 5.99. The van der Waals surface area contributed by atoms with Crippen molar-refractivity contribution in [2.45, 2.75) is 51.2 Å². The van der Waals surface area contributed by atoms with Crippen LogP contribution < -0.4 is 10.6 Å². The van der Waals surface area contributed by atoms with Crippen LogP contribution in [0.2, 0.25) is 0 Å². The lowest BCUT2D eigenvalue weighted by Gasteiger charge is -2.35. The number of likely N-dealkylation sites (tertiary alicyclic amines) is 1. The molecule has 150 valence electrons. The maximum atomic E-state index is 13.4. The van der Waals surface area contributed by atoms with Gasteiger partial charge in [0.05, 0.1) is 12.0 Å². The second-order valence-electron chi connectivity index (χ2n) is 8.09. The number of hydrogen-bond acceptors (Lipinski definition) is 4. The van der Waals surface area contributed by atoms with Gasteiger partial charge in [-0.15, -0.1) is 0 Å². The summed E-state index contributed by atoms with van der Waals surface area (Å²) < 4.78 is 13.4. The van der Waals surface area contributed by atoms with E-state index in [1.54, 1.807) is 19.1 Å². The first-order valence-electron chi connectivity index (χ1n) is 10.2. The van der Waals surface area contributed by atoms with Crippen molar-refractivity contribution in [3.63, 3.8) is 0 Å². The zero-order valence-electron chi connectivity index (χ0n) is 16.2. The summed E-state index contributed by atoms with van der Waals surface area (Å²) in [5.74, 6) is 0.0360. The minimum absolute atomic E-state index is 0.0847. The number of nitrogens with zero attached hydrogens (tertiary/aromatic N) is 1. The van der Waals surface area contributed by atoms with Gasteiger partial charge in [0.25, 0.3) is 0 Å². The van der Waals surface area contributed by atoms with Gasteiger partial charge in [0.15, 0.2) is 0 Å². The fourth-order valence-electron chi connectivity index (χ4n) is 4.20. The van der Waals surface area contributed by atoms with Crippen LogP contribution in [-0.4, -0.2) is 60.8 Å². The maximum absolute atomic E-state index is 13.4. The van der Waals surface area contributed by atoms with Crippen LogP contribution >= 0.6 is 0 Å². The van der Waals surface area contributed by atoms with Crippen molar-refractivity contribution in [3.05, 3.63) is 35.1 Å². The lowest BCUT2D eigenvalue weighted by Crippen LogP contribution is -2.52. The quantitative estimate of drug-likeness (QED) is 0.705. The zero-order chi connectivity index (χ0) is 19.2. The van der Waals surface area contributed by atoms with Gasteiger partial charge in [-0.25, -0.2) is 4.39 Å². The van der Waals surface area contributed by atoms with E-state index in [0.29, 0.717) is 18.5 Å². The van der Waals surface area contributed by atoms with E-state index in [2.05, 4.69) is 15.5 Å². The summed E-state index contributed by atoms with van der Waals surface area (Å²) in [5.41, 5.74) is 1.56. The monoisotopic (exact) mass is 377 g/mol. The number of β-amino-alcohol motifs (C(OH)–C–C–N with tert-alkyl or cyclic N) is 1. The van der Waals surface area contributed by atoms with E-state index in [1.165, 1.54) is 6.07 Å². The molecule has 6 heteroatoms. The molecule has 0 radical (unpaired) electrons. The van der Waals surface area contributed by atoms with Gasteiger partial charge in [0.1, 0.15) is 5.82 Å². The van der Waals surface area contributed by atoms with E-state index in [-0.39, 0.29) is 23.7 Å². The summed E-state index contributed by atoms with van der Waals surface area (Å²) in [6, 6.07) is 5.16. The molecule has 3 atom stereocenters. The number of halogens is 1. The number of aryl methyl sites for hydroxylation is 1. The summed E-state index contributed by atoms with van der Waals surface area (Å²) in [6.07, 6.45) is 4.07. The van der Waals surface area contributed by atoms with E-state index >= 15 is 0 Å². The molecule has 2 fully saturated rings. The van der Waals surface area contributed by atoms with Crippen molar-refractivity contribution in [3.8, 4) is 0 Å². The zero-order valence-corrected chi connectivity index (χ0v) is 16.2. The largest absolute Gasteiger partial charge is 0.391 e. The second kappa shape index (κ2) is 9.62. The number of carbonyl (C=O) groups is 1. The lowest BCUT2D eigenvalue weighted by atomic mass is 9.97. The standard InChI is InChI=1S/C21H32FN3O2/c1-15-10-16(6-7-20(15)22)11-19(26)14-25-9-3-5-18(13-25)24-21(27)17-4-2-8-23-12-17/h6-7,10,17-19,23,26H,2-5,8-9,11-14H2,1H3,(H,24,27). The highest BCUT2D eigenvalue weighted by Crippen LogP contribution is 2.16. The minimum Gasteiger partial charge on any atom is -0.391 e. The van der Waals surface area contributed by atoms with Crippen LogP contribution in [0.25, 0.3) is 0 Å². The van der Waals surface area contributed by atoms with Gasteiger partial charge in [-0.1, -0.05) is 12.1 Å². The molecule has 3 rings (SSSR count). The Balaban J connectivity index is 1.45. The van der Waals surface area contributed by atoms with Crippen molar-refractivity contribution in [1.82, 2.24) is 15.5 Å². The van der Waals surface area contributed by atoms with Crippen molar-refractivity contribution < 1.29 is 14.3 Å². The number of aliphatic hydroxyl groups excluding tert-OH is 1. The summed E-state index contributed by atoms with van der Waals surface area (Å²) in [5, 5.41) is 17.0. The van der Waals surface area contributed by atoms with Crippen molar-refractivity contribution in [1.29, 1.82) is 0 Å². The Hall–Kier alpha value is -1.50. The molecule has 1 amide bonds. The Morgan fingerprint density at radius 3 is 3.00 bits per heavy atom. The van der Waals surface area contributed by atoms with E-state index in [0.717, 1.165) is 57.4 Å². The summed E-state index contributed by atoms with van der Waals surface area (Å²) >= 11 is 0. The highest BCUT2D eigenvalue weighted by atomic mass is 19.1. The molecule has 1 aromatic rings. The summed E-state index contributed by atoms with van der Waals surface area (Å²) in [4.78, 5) is 14.7. The number of rotatable bonds is 6. The molecule has 1 aromatic carbocycles. The highest BCUT2D eigenvalue weighted by Gasteiger charge is 2.27. The number of hydrogen-bond donors (Lipinski definition) is 3. The first-order chi connectivity index (χ1) is 13.0. The Kier molecular flexibility index (Phi) is 7.21. The molecule has 2 heterocycles. The first kappa shape index (κ1) is 20.2. The fourth-order valence-corrected chi connectivity index (χ4v) is 4.20. The number of nitrogens with one attached hydrogen (secondary N) is 2. The second-order valence-corrected chi connectivity index (χ2v) is 8.09.